The smallest absolute Gasteiger partial charge is 0.311 e. The highest BCUT2D eigenvalue weighted by atomic mass is 19.4. The van der Waals surface area contributed by atoms with Crippen LogP contribution in [0.4, 0.5) is 18.9 Å². The van der Waals surface area contributed by atoms with E-state index < -0.39 is 17.5 Å². The number of alkyl halides is 3. The molecule has 1 N–H and O–H groups in total. The molecule has 0 amide bonds. The summed E-state index contributed by atoms with van der Waals surface area (Å²) in [4.78, 5) is 14.6. The van der Waals surface area contributed by atoms with Crippen LogP contribution in [-0.4, -0.2) is 22.6 Å². The molecule has 0 spiro atoms. The van der Waals surface area contributed by atoms with Crippen molar-refractivity contribution in [3.8, 4) is 0 Å². The Hall–Kier alpha value is -1.70. The van der Waals surface area contributed by atoms with Gasteiger partial charge in [0.25, 0.3) is 5.69 Å². The van der Waals surface area contributed by atoms with E-state index in [-0.39, 0.29) is 12.1 Å². The van der Waals surface area contributed by atoms with Crippen LogP contribution in [0, 0.1) is 24.0 Å². The molecule has 1 aromatic rings. The number of aromatic nitrogens is 1. The third kappa shape index (κ3) is 5.66. The highest BCUT2D eigenvalue weighted by Crippen LogP contribution is 2.24. The lowest BCUT2D eigenvalue weighted by molar-refractivity contribution is -0.386. The molecule has 0 unspecified atom stereocenters. The molecule has 1 rings (SSSR count). The van der Waals surface area contributed by atoms with Crippen LogP contribution >= 0.6 is 0 Å². The van der Waals surface area contributed by atoms with E-state index in [1.807, 2.05) is 0 Å². The average molecular weight is 305 g/mol. The van der Waals surface area contributed by atoms with Gasteiger partial charge in [-0.1, -0.05) is 0 Å². The molecule has 0 radical (unpaired) electrons. The molecule has 5 nitrogen and oxygen atoms in total. The van der Waals surface area contributed by atoms with Crippen molar-refractivity contribution >= 4 is 5.69 Å². The molecule has 0 bridgehead atoms. The number of aryl methyl sites for hydroxylation is 1. The highest BCUT2D eigenvalue weighted by molar-refractivity contribution is 5.47. The maximum atomic E-state index is 11.9. The molecule has 1 heterocycles. The predicted octanol–water partition coefficient (Wildman–Crippen LogP) is 3.43. The maximum absolute atomic E-state index is 11.9. The molecule has 0 saturated heterocycles. The summed E-state index contributed by atoms with van der Waals surface area (Å²) in [6.07, 6.45) is -3.01. The van der Waals surface area contributed by atoms with Gasteiger partial charge in [-0.05, 0) is 33.2 Å². The van der Waals surface area contributed by atoms with E-state index in [2.05, 4.69) is 10.3 Å². The van der Waals surface area contributed by atoms with E-state index in [1.54, 1.807) is 13.8 Å². The molecule has 0 aromatic carbocycles. The Morgan fingerprint density at radius 2 is 2.00 bits per heavy atom. The minimum atomic E-state index is -4.12. The van der Waals surface area contributed by atoms with Crippen LogP contribution in [0.3, 0.4) is 0 Å². The lowest BCUT2D eigenvalue weighted by Gasteiger charge is -2.09. The minimum absolute atomic E-state index is 0.0406. The zero-order chi connectivity index (χ0) is 16.0. The van der Waals surface area contributed by atoms with E-state index in [9.17, 15) is 23.3 Å². The Morgan fingerprint density at radius 3 is 2.57 bits per heavy atom. The number of hydrogen-bond acceptors (Lipinski definition) is 4. The second kappa shape index (κ2) is 7.35. The van der Waals surface area contributed by atoms with Crippen molar-refractivity contribution in [2.24, 2.45) is 0 Å². The summed E-state index contributed by atoms with van der Waals surface area (Å²) in [5, 5.41) is 13.9. The lowest BCUT2D eigenvalue weighted by atomic mass is 10.1. The molecule has 0 aliphatic carbocycles. The molecule has 21 heavy (non-hydrogen) atoms. The van der Waals surface area contributed by atoms with Crippen molar-refractivity contribution in [2.45, 2.75) is 45.8 Å². The Kier molecular flexibility index (Phi) is 6.07. The van der Waals surface area contributed by atoms with Crippen molar-refractivity contribution in [1.29, 1.82) is 0 Å². The number of nitro groups is 1. The summed E-state index contributed by atoms with van der Waals surface area (Å²) in [5.41, 5.74) is 1.57. The van der Waals surface area contributed by atoms with Gasteiger partial charge in [-0.15, -0.1) is 0 Å². The fourth-order valence-electron chi connectivity index (χ4n) is 2.01. The van der Waals surface area contributed by atoms with Crippen LogP contribution in [0.25, 0.3) is 0 Å². The quantitative estimate of drug-likeness (QED) is 0.476. The van der Waals surface area contributed by atoms with Crippen LogP contribution in [0.2, 0.25) is 0 Å². The molecule has 0 saturated carbocycles. The molecule has 1 aromatic heterocycles. The van der Waals surface area contributed by atoms with Crippen LogP contribution < -0.4 is 5.32 Å². The van der Waals surface area contributed by atoms with Gasteiger partial charge < -0.3 is 5.32 Å². The SMILES string of the molecule is Cc1cnc(CNCCCCC(F)(F)F)c(C)c1[N+](=O)[O-]. The fourth-order valence-corrected chi connectivity index (χ4v) is 2.01. The van der Waals surface area contributed by atoms with Gasteiger partial charge in [-0.3, -0.25) is 15.1 Å². The first-order chi connectivity index (χ1) is 9.72. The maximum Gasteiger partial charge on any atom is 0.389 e. The average Bonchev–Trinajstić information content (AvgIpc) is 2.34. The number of nitrogens with one attached hydrogen (secondary N) is 1. The normalized spacial score (nSPS) is 11.7. The van der Waals surface area contributed by atoms with Gasteiger partial charge in [-0.2, -0.15) is 13.2 Å². The third-order valence-electron chi connectivity index (χ3n) is 3.11. The molecule has 118 valence electrons. The summed E-state index contributed by atoms with van der Waals surface area (Å²) in [6, 6.07) is 0. The van der Waals surface area contributed by atoms with Crippen LogP contribution in [0.5, 0.6) is 0 Å². The van der Waals surface area contributed by atoms with E-state index in [1.165, 1.54) is 6.20 Å². The van der Waals surface area contributed by atoms with Gasteiger partial charge in [0.05, 0.1) is 10.6 Å². The van der Waals surface area contributed by atoms with Gasteiger partial charge in [0.15, 0.2) is 0 Å². The topological polar surface area (TPSA) is 68.1 Å². The predicted molar refractivity (Wildman–Crippen MR) is 72.0 cm³/mol. The minimum Gasteiger partial charge on any atom is -0.311 e. The summed E-state index contributed by atoms with van der Waals surface area (Å²) in [6.45, 7) is 3.96. The number of pyridine rings is 1. The van der Waals surface area contributed by atoms with Gasteiger partial charge in [-0.25, -0.2) is 0 Å². The third-order valence-corrected chi connectivity index (χ3v) is 3.11. The Bertz CT molecular complexity index is 504. The Labute approximate surface area is 120 Å². The van der Waals surface area contributed by atoms with Crippen molar-refractivity contribution in [1.82, 2.24) is 10.3 Å². The van der Waals surface area contributed by atoms with E-state index >= 15 is 0 Å². The summed E-state index contributed by atoms with van der Waals surface area (Å²) >= 11 is 0. The number of hydrogen-bond donors (Lipinski definition) is 1. The molecule has 0 fully saturated rings. The summed E-state index contributed by atoms with van der Waals surface area (Å²) in [7, 11) is 0. The fraction of sp³-hybridized carbons (Fsp3) is 0.615. The van der Waals surface area contributed by atoms with Gasteiger partial charge in [0.2, 0.25) is 0 Å². The van der Waals surface area contributed by atoms with E-state index in [0.717, 1.165) is 0 Å². The second-order valence-corrected chi connectivity index (χ2v) is 4.87. The number of rotatable bonds is 7. The summed E-state index contributed by atoms with van der Waals surface area (Å²) < 4.78 is 35.8. The van der Waals surface area contributed by atoms with E-state index in [0.29, 0.717) is 36.3 Å². The molecule has 0 aliphatic heterocycles. The summed E-state index contributed by atoms with van der Waals surface area (Å²) in [5.74, 6) is 0. The Morgan fingerprint density at radius 1 is 1.33 bits per heavy atom. The largest absolute Gasteiger partial charge is 0.389 e. The molecule has 0 aliphatic rings. The molecular weight excluding hydrogens is 287 g/mol. The zero-order valence-electron chi connectivity index (χ0n) is 12.0. The molecule has 0 atom stereocenters. The zero-order valence-corrected chi connectivity index (χ0v) is 12.0. The van der Waals surface area contributed by atoms with Crippen LogP contribution in [-0.2, 0) is 6.54 Å². The van der Waals surface area contributed by atoms with E-state index in [4.69, 9.17) is 0 Å². The first kappa shape index (κ1) is 17.4. The number of unbranched alkanes of at least 4 members (excludes halogenated alkanes) is 1. The van der Waals surface area contributed by atoms with Crippen molar-refractivity contribution in [3.63, 3.8) is 0 Å². The van der Waals surface area contributed by atoms with Gasteiger partial charge in [0.1, 0.15) is 0 Å². The molecule has 8 heteroatoms. The van der Waals surface area contributed by atoms with Crippen LogP contribution in [0.15, 0.2) is 6.20 Å². The standard InChI is InChI=1S/C13H18F3N3O2/c1-9-7-18-11(10(2)12(9)19(20)21)8-17-6-4-3-5-13(14,15)16/h7,17H,3-6,8H2,1-2H3. The second-order valence-electron chi connectivity index (χ2n) is 4.87. The molecular formula is C13H18F3N3O2. The number of halogens is 3. The van der Waals surface area contributed by atoms with Crippen molar-refractivity contribution < 1.29 is 18.1 Å². The van der Waals surface area contributed by atoms with Crippen molar-refractivity contribution in [3.05, 3.63) is 33.1 Å². The van der Waals surface area contributed by atoms with Crippen LogP contribution in [0.1, 0.15) is 36.1 Å². The van der Waals surface area contributed by atoms with Gasteiger partial charge in [0, 0.05) is 30.3 Å². The highest BCUT2D eigenvalue weighted by Gasteiger charge is 2.25. The monoisotopic (exact) mass is 305 g/mol. The van der Waals surface area contributed by atoms with Gasteiger partial charge >= 0.3 is 6.18 Å². The first-order valence-electron chi connectivity index (χ1n) is 6.59. The Balaban J connectivity index is 2.46. The van der Waals surface area contributed by atoms with Crippen molar-refractivity contribution in [2.75, 3.05) is 6.54 Å². The first-order valence-corrected chi connectivity index (χ1v) is 6.59. The lowest BCUT2D eigenvalue weighted by Crippen LogP contribution is -2.18. The number of nitrogens with zero attached hydrogens (tertiary/aromatic N) is 2.